The number of carbonyl (C=O) groups excluding carboxylic acids is 2. The highest BCUT2D eigenvalue weighted by Crippen LogP contribution is 2.28. The van der Waals surface area contributed by atoms with Gasteiger partial charge in [0.2, 0.25) is 0 Å². The van der Waals surface area contributed by atoms with Gasteiger partial charge in [0.15, 0.2) is 11.5 Å². The number of carboxylic acid groups (broad SMARTS) is 1. The Balaban J connectivity index is 0.000000420. The van der Waals surface area contributed by atoms with Crippen LogP contribution in [0.25, 0.3) is 6.08 Å². The first-order valence-corrected chi connectivity index (χ1v) is 11.9. The van der Waals surface area contributed by atoms with Crippen molar-refractivity contribution in [1.82, 2.24) is 0 Å². The van der Waals surface area contributed by atoms with E-state index in [1.165, 1.54) is 30.4 Å². The topological polar surface area (TPSA) is 171 Å². The first-order valence-electron chi connectivity index (χ1n) is 11.9. The molecular weight excluding hydrogens is 472 g/mol. The van der Waals surface area contributed by atoms with E-state index < -0.39 is 42.1 Å². The Kier molecular flexibility index (Phi) is 13.9. The Morgan fingerprint density at radius 3 is 2.44 bits per heavy atom. The number of hydrogen-bond donors (Lipinski definition) is 5. The van der Waals surface area contributed by atoms with Gasteiger partial charge < -0.3 is 35.0 Å². The van der Waals surface area contributed by atoms with Gasteiger partial charge in [0.05, 0.1) is 18.1 Å². The molecule has 0 bridgehead atoms. The van der Waals surface area contributed by atoms with E-state index in [2.05, 4.69) is 0 Å². The molecule has 0 amide bonds. The summed E-state index contributed by atoms with van der Waals surface area (Å²) in [4.78, 5) is 33.8. The Morgan fingerprint density at radius 2 is 1.83 bits per heavy atom. The smallest absolute Gasteiger partial charge is 0.330 e. The van der Waals surface area contributed by atoms with Gasteiger partial charge in [-0.2, -0.15) is 0 Å². The van der Waals surface area contributed by atoms with Crippen molar-refractivity contribution < 1.29 is 49.4 Å². The van der Waals surface area contributed by atoms with E-state index in [-0.39, 0.29) is 24.5 Å². The van der Waals surface area contributed by atoms with Crippen LogP contribution in [0.3, 0.4) is 0 Å². The Labute approximate surface area is 210 Å². The van der Waals surface area contributed by atoms with Crippen LogP contribution in [0.1, 0.15) is 57.9 Å². The minimum atomic E-state index is -1.06. The summed E-state index contributed by atoms with van der Waals surface area (Å²) in [6.45, 7) is 3.83. The van der Waals surface area contributed by atoms with E-state index in [0.29, 0.717) is 24.8 Å². The highest BCUT2D eigenvalue weighted by Gasteiger charge is 2.36. The van der Waals surface area contributed by atoms with E-state index in [4.69, 9.17) is 24.8 Å². The van der Waals surface area contributed by atoms with Crippen LogP contribution in [-0.2, 0) is 23.9 Å². The predicted octanol–water partition coefficient (Wildman–Crippen LogP) is 2.93. The molecule has 2 rings (SSSR count). The number of allylic oxidation sites excluding steroid dienone is 1. The number of carbonyl (C=O) groups is 3. The van der Waals surface area contributed by atoms with Gasteiger partial charge in [-0.25, -0.2) is 9.59 Å². The zero-order chi connectivity index (χ0) is 27.1. The summed E-state index contributed by atoms with van der Waals surface area (Å²) in [6.07, 6.45) is 6.41. The number of aliphatic carboxylic acids is 1. The lowest BCUT2D eigenvalue weighted by atomic mass is 9.85. The summed E-state index contributed by atoms with van der Waals surface area (Å²) in [5.74, 6) is -2.90. The maximum atomic E-state index is 12.0. The number of ether oxygens (including phenoxy) is 2. The molecule has 0 radical (unpaired) electrons. The third-order valence-electron chi connectivity index (χ3n) is 5.31. The molecule has 0 aromatic heterocycles. The average Bonchev–Trinajstić information content (AvgIpc) is 2.84. The van der Waals surface area contributed by atoms with Crippen molar-refractivity contribution >= 4 is 24.0 Å². The lowest BCUT2D eigenvalue weighted by Crippen LogP contribution is -2.40. The van der Waals surface area contributed by atoms with Crippen molar-refractivity contribution in [2.75, 3.05) is 6.61 Å². The lowest BCUT2D eigenvalue weighted by Gasteiger charge is -2.31. The Bertz CT molecular complexity index is 908. The number of aliphatic hydroxyl groups is 2. The molecule has 0 heterocycles. The van der Waals surface area contributed by atoms with Gasteiger partial charge in [-0.15, -0.1) is 0 Å². The van der Waals surface area contributed by atoms with Crippen LogP contribution in [0.5, 0.6) is 11.5 Å². The number of rotatable bonds is 10. The molecule has 0 spiro atoms. The van der Waals surface area contributed by atoms with Gasteiger partial charge in [-0.1, -0.05) is 32.4 Å². The predicted molar refractivity (Wildman–Crippen MR) is 131 cm³/mol. The number of phenolic OH excluding ortho intramolecular Hbond substituents is 2. The summed E-state index contributed by atoms with van der Waals surface area (Å²) in [5.41, 5.74) is 0.512. The number of benzene rings is 1. The summed E-state index contributed by atoms with van der Waals surface area (Å²) in [7, 11) is 0. The van der Waals surface area contributed by atoms with Crippen molar-refractivity contribution in [3.63, 3.8) is 0 Å². The van der Waals surface area contributed by atoms with Gasteiger partial charge in [-0.3, -0.25) is 4.79 Å². The molecule has 5 N–H and O–H groups in total. The molecule has 1 aromatic rings. The maximum absolute atomic E-state index is 12.0. The fraction of sp³-hybridized carbons (Fsp3) is 0.500. The van der Waals surface area contributed by atoms with E-state index in [1.807, 2.05) is 13.8 Å². The zero-order valence-corrected chi connectivity index (χ0v) is 20.6. The summed E-state index contributed by atoms with van der Waals surface area (Å²) < 4.78 is 10.3. The number of aromatic hydroxyl groups is 2. The molecule has 0 saturated heterocycles. The second kappa shape index (κ2) is 16.3. The second-order valence-electron chi connectivity index (χ2n) is 8.36. The van der Waals surface area contributed by atoms with Crippen LogP contribution in [0.4, 0.5) is 0 Å². The van der Waals surface area contributed by atoms with E-state index in [9.17, 15) is 24.6 Å². The molecule has 4 atom stereocenters. The Hall–Kier alpha value is -3.37. The highest BCUT2D eigenvalue weighted by molar-refractivity contribution is 5.85. The summed E-state index contributed by atoms with van der Waals surface area (Å²) in [6, 6.07) is 4.06. The van der Waals surface area contributed by atoms with E-state index in [1.54, 1.807) is 6.08 Å². The molecule has 36 heavy (non-hydrogen) atoms. The third kappa shape index (κ3) is 11.9. The molecule has 10 nitrogen and oxygen atoms in total. The maximum Gasteiger partial charge on any atom is 0.330 e. The molecule has 1 aliphatic rings. The van der Waals surface area contributed by atoms with Gasteiger partial charge in [0.1, 0.15) is 12.7 Å². The second-order valence-corrected chi connectivity index (χ2v) is 8.36. The molecule has 1 aliphatic carbocycles. The molecular formula is C26H36O10. The minimum absolute atomic E-state index is 0.0184. The molecule has 10 heteroatoms. The van der Waals surface area contributed by atoms with Crippen molar-refractivity contribution in [2.24, 2.45) is 5.92 Å². The minimum Gasteiger partial charge on any atom is -0.504 e. The average molecular weight is 509 g/mol. The summed E-state index contributed by atoms with van der Waals surface area (Å²) in [5, 5.41) is 45.8. The zero-order valence-electron chi connectivity index (χ0n) is 20.6. The highest BCUT2D eigenvalue weighted by atomic mass is 16.6. The van der Waals surface area contributed by atoms with Crippen LogP contribution in [-0.4, -0.2) is 68.4 Å². The molecule has 1 fully saturated rings. The molecule has 1 aromatic carbocycles. The number of phenols is 2. The first kappa shape index (κ1) is 30.7. The number of carboxylic acids is 1. The Morgan fingerprint density at radius 1 is 1.11 bits per heavy atom. The fourth-order valence-electron chi connectivity index (χ4n) is 3.38. The lowest BCUT2D eigenvalue weighted by molar-refractivity contribution is -0.163. The van der Waals surface area contributed by atoms with Crippen molar-refractivity contribution in [3.05, 3.63) is 42.0 Å². The first-order chi connectivity index (χ1) is 17.1. The monoisotopic (exact) mass is 508 g/mol. The molecule has 2 unspecified atom stereocenters. The van der Waals surface area contributed by atoms with Gasteiger partial charge in [-0.05, 0) is 49.5 Å². The van der Waals surface area contributed by atoms with Gasteiger partial charge in [0, 0.05) is 18.6 Å². The largest absolute Gasteiger partial charge is 0.504 e. The van der Waals surface area contributed by atoms with Crippen molar-refractivity contribution in [1.29, 1.82) is 0 Å². The van der Waals surface area contributed by atoms with Crippen LogP contribution >= 0.6 is 0 Å². The van der Waals surface area contributed by atoms with Crippen molar-refractivity contribution in [3.8, 4) is 11.5 Å². The number of esters is 2. The van der Waals surface area contributed by atoms with Gasteiger partial charge >= 0.3 is 17.9 Å². The number of hydrogen-bond acceptors (Lipinski definition) is 9. The van der Waals surface area contributed by atoms with Gasteiger partial charge in [0.25, 0.3) is 0 Å². The summed E-state index contributed by atoms with van der Waals surface area (Å²) >= 11 is 0. The molecule has 1 saturated carbocycles. The van der Waals surface area contributed by atoms with Crippen molar-refractivity contribution in [2.45, 2.75) is 70.7 Å². The molecule has 200 valence electrons. The standard InChI is InChI=1S/C17H28O6.C9H8O4/c1-3-5-7-16(20)23-15-10-12(8-9-14(15)19)17(21)22-11-13(18)6-4-2;10-7-3-1-6(5-8(7)11)2-4-9(12)13/h5,7,12-15,18-19H,3-4,6,8-11H2,1-2H3;1-5,10-11H,(H,12,13)/b7-5+;4-2+/t12?,13?,14-,15-;/m1./s1. The van der Waals surface area contributed by atoms with Crippen LogP contribution < -0.4 is 0 Å². The van der Waals surface area contributed by atoms with Crippen LogP contribution in [0.15, 0.2) is 36.4 Å². The number of aliphatic hydroxyl groups excluding tert-OH is 2. The fourth-order valence-corrected chi connectivity index (χ4v) is 3.38. The van der Waals surface area contributed by atoms with Crippen LogP contribution in [0, 0.1) is 5.92 Å². The third-order valence-corrected chi connectivity index (χ3v) is 5.31. The van der Waals surface area contributed by atoms with Crippen LogP contribution in [0.2, 0.25) is 0 Å². The normalized spacial score (nSPS) is 20.4. The SMILES string of the molecule is CC/C=C/C(=O)O[C@@H]1CC(C(=O)OCC(O)CCC)CC[C@H]1O.O=C(O)/C=C/c1ccc(O)c(O)c1. The quantitative estimate of drug-likeness (QED) is 0.180. The molecule has 0 aliphatic heterocycles. The van der Waals surface area contributed by atoms with E-state index in [0.717, 1.165) is 18.9 Å². The van der Waals surface area contributed by atoms with E-state index >= 15 is 0 Å².